The first-order chi connectivity index (χ1) is 11.1. The summed E-state index contributed by atoms with van der Waals surface area (Å²) in [6, 6.07) is 6.13. The Morgan fingerprint density at radius 3 is 2.78 bits per heavy atom. The van der Waals surface area contributed by atoms with Crippen molar-refractivity contribution in [3.05, 3.63) is 41.2 Å². The molecular formula is C18H20N2O3. The predicted octanol–water partition coefficient (Wildman–Crippen LogP) is 4.07. The Labute approximate surface area is 134 Å². The Balaban J connectivity index is 2.30. The molecule has 2 aromatic heterocycles. The van der Waals surface area contributed by atoms with Gasteiger partial charge in [-0.15, -0.1) is 0 Å². The minimum Gasteiger partial charge on any atom is -0.477 e. The minimum absolute atomic E-state index is 0.000193. The number of aromatic carboxylic acids is 1. The van der Waals surface area contributed by atoms with Crippen LogP contribution in [0.2, 0.25) is 0 Å². The van der Waals surface area contributed by atoms with Crippen LogP contribution in [0.5, 0.6) is 0 Å². The Kier molecular flexibility index (Phi) is 4.05. The third-order valence-corrected chi connectivity index (χ3v) is 4.20. The molecule has 0 aliphatic rings. The maximum Gasteiger partial charge on any atom is 0.354 e. The molecule has 0 spiro atoms. The monoisotopic (exact) mass is 312 g/mol. The van der Waals surface area contributed by atoms with E-state index in [2.05, 4.69) is 16.0 Å². The van der Waals surface area contributed by atoms with Gasteiger partial charge < -0.3 is 14.8 Å². The van der Waals surface area contributed by atoms with Crippen molar-refractivity contribution in [3.8, 4) is 0 Å². The van der Waals surface area contributed by atoms with E-state index in [4.69, 9.17) is 4.74 Å². The number of nitrogens with zero attached hydrogens (tertiary/aromatic N) is 1. The fraction of sp³-hybridized carbons (Fsp3) is 0.333. The number of benzene rings is 1. The number of carboxylic acids is 1. The zero-order chi connectivity index (χ0) is 16.6. The van der Waals surface area contributed by atoms with Crippen molar-refractivity contribution in [2.45, 2.75) is 33.3 Å². The molecular weight excluding hydrogens is 292 g/mol. The molecule has 5 nitrogen and oxygen atoms in total. The van der Waals surface area contributed by atoms with Gasteiger partial charge in [-0.25, -0.2) is 9.78 Å². The highest BCUT2D eigenvalue weighted by Crippen LogP contribution is 2.32. The molecule has 2 heterocycles. The molecule has 0 amide bonds. The molecule has 0 saturated carbocycles. The second kappa shape index (κ2) is 6.01. The van der Waals surface area contributed by atoms with Crippen molar-refractivity contribution in [2.75, 3.05) is 6.61 Å². The maximum absolute atomic E-state index is 11.4. The smallest absolute Gasteiger partial charge is 0.354 e. The molecule has 23 heavy (non-hydrogen) atoms. The highest BCUT2D eigenvalue weighted by molar-refractivity contribution is 6.11. The molecule has 120 valence electrons. The van der Waals surface area contributed by atoms with Gasteiger partial charge in [0, 0.05) is 22.9 Å². The molecule has 3 aromatic rings. The van der Waals surface area contributed by atoms with Crippen LogP contribution in [0.25, 0.3) is 21.8 Å². The van der Waals surface area contributed by atoms with Crippen molar-refractivity contribution in [1.82, 2.24) is 9.97 Å². The number of carbonyl (C=O) groups is 1. The van der Waals surface area contributed by atoms with Crippen LogP contribution in [0.4, 0.5) is 0 Å². The first-order valence-corrected chi connectivity index (χ1v) is 7.84. The third kappa shape index (κ3) is 2.57. The van der Waals surface area contributed by atoms with E-state index in [1.54, 1.807) is 6.20 Å². The summed E-state index contributed by atoms with van der Waals surface area (Å²) in [6.07, 6.45) is 2.22. The molecule has 0 radical (unpaired) electrons. The Morgan fingerprint density at radius 1 is 1.35 bits per heavy atom. The van der Waals surface area contributed by atoms with Crippen LogP contribution < -0.4 is 0 Å². The summed E-state index contributed by atoms with van der Waals surface area (Å²) in [6.45, 7) is 6.60. The lowest BCUT2D eigenvalue weighted by Gasteiger charge is -2.12. The highest BCUT2D eigenvalue weighted by Gasteiger charge is 2.18. The van der Waals surface area contributed by atoms with Gasteiger partial charge >= 0.3 is 5.97 Å². The number of hydrogen-bond donors (Lipinski definition) is 2. The summed E-state index contributed by atoms with van der Waals surface area (Å²) in [5.74, 6) is -0.989. The van der Waals surface area contributed by atoms with E-state index in [1.807, 2.05) is 32.9 Å². The number of hydrogen-bond acceptors (Lipinski definition) is 3. The summed E-state index contributed by atoms with van der Waals surface area (Å²) in [5, 5.41) is 11.4. The number of aromatic nitrogens is 2. The molecule has 0 bridgehead atoms. The lowest BCUT2D eigenvalue weighted by atomic mass is 10.0. The Bertz CT molecular complexity index is 883. The van der Waals surface area contributed by atoms with E-state index in [0.29, 0.717) is 13.0 Å². The number of aromatic amines is 1. The highest BCUT2D eigenvalue weighted by atomic mass is 16.5. The van der Waals surface area contributed by atoms with Gasteiger partial charge in [-0.3, -0.25) is 0 Å². The Hall–Kier alpha value is -2.40. The molecule has 0 aliphatic heterocycles. The standard InChI is InChI=1S/C18H20N2O3/c1-4-12-16-13-8-11(10(3)23-5-2)6-7-14(13)20-15(16)9-19-17(12)18(21)22/h6-10,20H,4-5H2,1-3H3,(H,21,22). The maximum atomic E-state index is 11.4. The summed E-state index contributed by atoms with van der Waals surface area (Å²) < 4.78 is 5.67. The van der Waals surface area contributed by atoms with Crippen molar-refractivity contribution in [3.63, 3.8) is 0 Å². The molecule has 0 aliphatic carbocycles. The number of carboxylic acid groups (broad SMARTS) is 1. The van der Waals surface area contributed by atoms with Crippen molar-refractivity contribution in [1.29, 1.82) is 0 Å². The van der Waals surface area contributed by atoms with Gasteiger partial charge in [0.05, 0.1) is 17.8 Å². The van der Waals surface area contributed by atoms with Crippen LogP contribution in [-0.4, -0.2) is 27.7 Å². The number of aryl methyl sites for hydroxylation is 1. The first kappa shape index (κ1) is 15.5. The van der Waals surface area contributed by atoms with Crippen LogP contribution >= 0.6 is 0 Å². The van der Waals surface area contributed by atoms with Crippen LogP contribution in [0.3, 0.4) is 0 Å². The minimum atomic E-state index is -0.989. The largest absolute Gasteiger partial charge is 0.477 e. The van der Waals surface area contributed by atoms with Gasteiger partial charge in [0.1, 0.15) is 0 Å². The molecule has 1 unspecified atom stereocenters. The van der Waals surface area contributed by atoms with Crippen molar-refractivity contribution in [2.24, 2.45) is 0 Å². The molecule has 5 heteroatoms. The number of H-pyrrole nitrogens is 1. The third-order valence-electron chi connectivity index (χ3n) is 4.20. The van der Waals surface area contributed by atoms with Crippen LogP contribution in [0, 0.1) is 0 Å². The number of ether oxygens (including phenoxy) is 1. The van der Waals surface area contributed by atoms with Gasteiger partial charge in [-0.1, -0.05) is 13.0 Å². The van der Waals surface area contributed by atoms with E-state index in [1.165, 1.54) is 0 Å². The summed E-state index contributed by atoms with van der Waals surface area (Å²) >= 11 is 0. The fourth-order valence-electron chi connectivity index (χ4n) is 3.11. The summed E-state index contributed by atoms with van der Waals surface area (Å²) in [4.78, 5) is 18.9. The van der Waals surface area contributed by atoms with E-state index in [-0.39, 0.29) is 11.8 Å². The van der Waals surface area contributed by atoms with Crippen LogP contribution in [0.1, 0.15) is 48.5 Å². The average Bonchev–Trinajstić information content (AvgIpc) is 2.91. The SMILES string of the molecule is CCOC(C)c1ccc2[nH]c3cnc(C(=O)O)c(CC)c3c2c1. The molecule has 1 atom stereocenters. The lowest BCUT2D eigenvalue weighted by molar-refractivity contribution is 0.0689. The lowest BCUT2D eigenvalue weighted by Crippen LogP contribution is -2.05. The molecule has 2 N–H and O–H groups in total. The summed E-state index contributed by atoms with van der Waals surface area (Å²) in [5.41, 5.74) is 3.82. The number of pyridine rings is 1. The normalized spacial score (nSPS) is 12.8. The van der Waals surface area contributed by atoms with Crippen LogP contribution in [0.15, 0.2) is 24.4 Å². The Morgan fingerprint density at radius 2 is 2.13 bits per heavy atom. The fourth-order valence-corrected chi connectivity index (χ4v) is 3.11. The molecule has 0 saturated heterocycles. The quantitative estimate of drug-likeness (QED) is 0.744. The van der Waals surface area contributed by atoms with E-state index < -0.39 is 5.97 Å². The van der Waals surface area contributed by atoms with Gasteiger partial charge in [0.25, 0.3) is 0 Å². The van der Waals surface area contributed by atoms with Crippen LogP contribution in [-0.2, 0) is 11.2 Å². The van der Waals surface area contributed by atoms with Gasteiger partial charge in [-0.05, 0) is 43.5 Å². The second-order valence-electron chi connectivity index (χ2n) is 5.56. The number of fused-ring (bicyclic) bond motifs is 3. The number of nitrogens with one attached hydrogen (secondary N) is 1. The van der Waals surface area contributed by atoms with E-state index in [9.17, 15) is 9.90 Å². The van der Waals surface area contributed by atoms with Gasteiger partial charge in [0.2, 0.25) is 0 Å². The second-order valence-corrected chi connectivity index (χ2v) is 5.56. The molecule has 1 aromatic carbocycles. The van der Waals surface area contributed by atoms with Crippen molar-refractivity contribution < 1.29 is 14.6 Å². The van der Waals surface area contributed by atoms with Gasteiger partial charge in [-0.2, -0.15) is 0 Å². The topological polar surface area (TPSA) is 75.2 Å². The first-order valence-electron chi connectivity index (χ1n) is 7.84. The zero-order valence-corrected chi connectivity index (χ0v) is 13.5. The van der Waals surface area contributed by atoms with Crippen molar-refractivity contribution >= 4 is 27.8 Å². The molecule has 0 fully saturated rings. The summed E-state index contributed by atoms with van der Waals surface area (Å²) in [7, 11) is 0. The van der Waals surface area contributed by atoms with E-state index in [0.717, 1.165) is 32.9 Å². The molecule has 3 rings (SSSR count). The number of rotatable bonds is 5. The average molecular weight is 312 g/mol. The van der Waals surface area contributed by atoms with Gasteiger partial charge in [0.15, 0.2) is 5.69 Å². The predicted molar refractivity (Wildman–Crippen MR) is 90.0 cm³/mol. The zero-order valence-electron chi connectivity index (χ0n) is 13.5. The van der Waals surface area contributed by atoms with E-state index >= 15 is 0 Å².